The summed E-state index contributed by atoms with van der Waals surface area (Å²) in [6.07, 6.45) is 14.2. The van der Waals surface area contributed by atoms with Gasteiger partial charge in [0.05, 0.1) is 0 Å². The van der Waals surface area contributed by atoms with Crippen LogP contribution in [-0.4, -0.2) is 5.97 Å². The van der Waals surface area contributed by atoms with E-state index in [9.17, 15) is 4.79 Å². The maximum atomic E-state index is 12.0. The summed E-state index contributed by atoms with van der Waals surface area (Å²) in [5, 5.41) is 0. The highest BCUT2D eigenvalue weighted by Gasteiger charge is 2.21. The molecule has 1 fully saturated rings. The minimum atomic E-state index is -0.345. The van der Waals surface area contributed by atoms with Gasteiger partial charge in [0.15, 0.2) is 0 Å². The third-order valence-corrected chi connectivity index (χ3v) is 6.21. The summed E-state index contributed by atoms with van der Waals surface area (Å²) in [5.41, 5.74) is 9.76. The molecule has 0 bridgehead atoms. The molecule has 2 aromatic rings. The standard InChI is InChI=1S/C27H35NO2/c1-2-3-4-6-21-9-14-24(15-10-21)25-16-11-22(12-17-25)13-18-27(29)30-20-23-7-5-8-26(28)19-23/h5,7-8,11-13,16-19,21,24H,2-4,6,9-10,14-15,20,28H2,1H3/b18-13+. The molecular formula is C27H35NO2. The van der Waals surface area contributed by atoms with Crippen LogP contribution in [0.25, 0.3) is 6.08 Å². The maximum Gasteiger partial charge on any atom is 0.331 e. The van der Waals surface area contributed by atoms with E-state index in [1.54, 1.807) is 0 Å². The molecule has 0 heterocycles. The third kappa shape index (κ3) is 7.05. The lowest BCUT2D eigenvalue weighted by Gasteiger charge is -2.29. The molecule has 0 saturated heterocycles. The van der Waals surface area contributed by atoms with Crippen molar-refractivity contribution in [3.63, 3.8) is 0 Å². The molecule has 1 saturated carbocycles. The minimum absolute atomic E-state index is 0.230. The van der Waals surface area contributed by atoms with Gasteiger partial charge in [-0.25, -0.2) is 4.79 Å². The van der Waals surface area contributed by atoms with Crippen LogP contribution >= 0.6 is 0 Å². The number of carbonyl (C=O) groups is 1. The number of benzene rings is 2. The van der Waals surface area contributed by atoms with Crippen LogP contribution in [0.15, 0.2) is 54.6 Å². The van der Waals surface area contributed by atoms with E-state index in [0.717, 1.165) is 17.0 Å². The number of nitrogen functional groups attached to an aromatic ring is 1. The van der Waals surface area contributed by atoms with Gasteiger partial charge in [0, 0.05) is 11.8 Å². The first kappa shape index (κ1) is 22.1. The molecule has 160 valence electrons. The molecule has 0 aliphatic heterocycles. The Balaban J connectivity index is 1.43. The Labute approximate surface area is 181 Å². The number of anilines is 1. The quantitative estimate of drug-likeness (QED) is 0.214. The second kappa shape index (κ2) is 11.6. The van der Waals surface area contributed by atoms with Crippen molar-refractivity contribution in [2.75, 3.05) is 5.73 Å². The molecule has 3 rings (SSSR count). The van der Waals surface area contributed by atoms with E-state index in [2.05, 4.69) is 31.2 Å². The minimum Gasteiger partial charge on any atom is -0.458 e. The fraction of sp³-hybridized carbons (Fsp3) is 0.444. The SMILES string of the molecule is CCCCCC1CCC(c2ccc(/C=C/C(=O)OCc3cccc(N)c3)cc2)CC1. The Morgan fingerprint density at radius 1 is 1.07 bits per heavy atom. The Morgan fingerprint density at radius 3 is 2.53 bits per heavy atom. The lowest BCUT2D eigenvalue weighted by atomic mass is 9.77. The van der Waals surface area contributed by atoms with Gasteiger partial charge >= 0.3 is 5.97 Å². The summed E-state index contributed by atoms with van der Waals surface area (Å²) in [5.74, 6) is 1.28. The number of esters is 1. The highest BCUT2D eigenvalue weighted by Crippen LogP contribution is 2.37. The monoisotopic (exact) mass is 405 g/mol. The van der Waals surface area contributed by atoms with E-state index in [1.165, 1.54) is 63.0 Å². The average Bonchev–Trinajstić information content (AvgIpc) is 2.77. The van der Waals surface area contributed by atoms with E-state index < -0.39 is 0 Å². The number of unbranched alkanes of at least 4 members (excludes halogenated alkanes) is 2. The molecule has 2 aromatic carbocycles. The van der Waals surface area contributed by atoms with Gasteiger partial charge in [0.25, 0.3) is 0 Å². The first-order valence-corrected chi connectivity index (χ1v) is 11.4. The zero-order valence-corrected chi connectivity index (χ0v) is 18.2. The summed E-state index contributed by atoms with van der Waals surface area (Å²) in [4.78, 5) is 12.0. The Morgan fingerprint density at radius 2 is 1.83 bits per heavy atom. The van der Waals surface area contributed by atoms with Crippen molar-refractivity contribution in [2.45, 2.75) is 70.8 Å². The number of ether oxygens (including phenoxy) is 1. The molecule has 0 radical (unpaired) electrons. The van der Waals surface area contributed by atoms with Crippen LogP contribution in [-0.2, 0) is 16.1 Å². The van der Waals surface area contributed by atoms with Gasteiger partial charge < -0.3 is 10.5 Å². The number of hydrogen-bond donors (Lipinski definition) is 1. The predicted molar refractivity (Wildman–Crippen MR) is 125 cm³/mol. The molecule has 0 unspecified atom stereocenters. The predicted octanol–water partition coefficient (Wildman–Crippen LogP) is 6.88. The first-order valence-electron chi connectivity index (χ1n) is 11.4. The van der Waals surface area contributed by atoms with Crippen molar-refractivity contribution in [1.82, 2.24) is 0 Å². The molecule has 1 aliphatic rings. The van der Waals surface area contributed by atoms with Gasteiger partial charge in [0.1, 0.15) is 6.61 Å². The molecule has 2 N–H and O–H groups in total. The van der Waals surface area contributed by atoms with Crippen LogP contribution in [0.2, 0.25) is 0 Å². The van der Waals surface area contributed by atoms with Crippen molar-refractivity contribution >= 4 is 17.7 Å². The first-order chi connectivity index (χ1) is 14.6. The van der Waals surface area contributed by atoms with Gasteiger partial charge in [-0.3, -0.25) is 0 Å². The van der Waals surface area contributed by atoms with Gasteiger partial charge in [-0.15, -0.1) is 0 Å². The summed E-state index contributed by atoms with van der Waals surface area (Å²) >= 11 is 0. The van der Waals surface area contributed by atoms with Crippen LogP contribution < -0.4 is 5.73 Å². The van der Waals surface area contributed by atoms with Crippen LogP contribution in [0.1, 0.15) is 80.9 Å². The number of hydrogen-bond acceptors (Lipinski definition) is 3. The topological polar surface area (TPSA) is 52.3 Å². The lowest BCUT2D eigenvalue weighted by Crippen LogP contribution is -2.13. The van der Waals surface area contributed by atoms with Gasteiger partial charge in [0.2, 0.25) is 0 Å². The van der Waals surface area contributed by atoms with E-state index >= 15 is 0 Å². The largest absolute Gasteiger partial charge is 0.458 e. The summed E-state index contributed by atoms with van der Waals surface area (Å²) < 4.78 is 5.29. The summed E-state index contributed by atoms with van der Waals surface area (Å²) in [6, 6.07) is 16.0. The smallest absolute Gasteiger partial charge is 0.331 e. The third-order valence-electron chi connectivity index (χ3n) is 6.21. The Hall–Kier alpha value is -2.55. The molecule has 0 amide bonds. The molecule has 3 nitrogen and oxygen atoms in total. The second-order valence-electron chi connectivity index (χ2n) is 8.57. The van der Waals surface area contributed by atoms with Crippen molar-refractivity contribution in [3.05, 3.63) is 71.3 Å². The van der Waals surface area contributed by atoms with Gasteiger partial charge in [-0.05, 0) is 72.4 Å². The maximum absolute atomic E-state index is 12.0. The zero-order valence-electron chi connectivity index (χ0n) is 18.2. The van der Waals surface area contributed by atoms with Crippen LogP contribution in [0.5, 0.6) is 0 Å². The van der Waals surface area contributed by atoms with Crippen LogP contribution in [0.3, 0.4) is 0 Å². The van der Waals surface area contributed by atoms with E-state index in [1.807, 2.05) is 30.3 Å². The number of carbonyl (C=O) groups excluding carboxylic acids is 1. The normalized spacial score (nSPS) is 19.1. The molecule has 0 spiro atoms. The zero-order chi connectivity index (χ0) is 21.2. The van der Waals surface area contributed by atoms with E-state index in [0.29, 0.717) is 11.6 Å². The lowest BCUT2D eigenvalue weighted by molar-refractivity contribution is -0.138. The highest BCUT2D eigenvalue weighted by atomic mass is 16.5. The van der Waals surface area contributed by atoms with Gasteiger partial charge in [-0.2, -0.15) is 0 Å². The Bertz CT molecular complexity index is 817. The molecule has 30 heavy (non-hydrogen) atoms. The van der Waals surface area contributed by atoms with E-state index in [4.69, 9.17) is 10.5 Å². The average molecular weight is 406 g/mol. The number of rotatable bonds is 9. The fourth-order valence-electron chi connectivity index (χ4n) is 4.40. The molecule has 1 aliphatic carbocycles. The number of nitrogens with two attached hydrogens (primary N) is 1. The van der Waals surface area contributed by atoms with Gasteiger partial charge in [-0.1, -0.05) is 69.0 Å². The Kier molecular flexibility index (Phi) is 8.55. The van der Waals surface area contributed by atoms with Crippen molar-refractivity contribution in [3.8, 4) is 0 Å². The summed E-state index contributed by atoms with van der Waals surface area (Å²) in [6.45, 7) is 2.51. The molecular weight excluding hydrogens is 370 g/mol. The van der Waals surface area contributed by atoms with Crippen molar-refractivity contribution in [1.29, 1.82) is 0 Å². The molecule has 0 atom stereocenters. The van der Waals surface area contributed by atoms with E-state index in [-0.39, 0.29) is 12.6 Å². The van der Waals surface area contributed by atoms with Crippen LogP contribution in [0.4, 0.5) is 5.69 Å². The summed E-state index contributed by atoms with van der Waals surface area (Å²) in [7, 11) is 0. The van der Waals surface area contributed by atoms with Crippen LogP contribution in [0, 0.1) is 5.92 Å². The molecule has 0 aromatic heterocycles. The molecule has 3 heteroatoms. The van der Waals surface area contributed by atoms with Crippen molar-refractivity contribution < 1.29 is 9.53 Å². The van der Waals surface area contributed by atoms with Crippen molar-refractivity contribution in [2.24, 2.45) is 5.92 Å². The second-order valence-corrected chi connectivity index (χ2v) is 8.57. The highest BCUT2D eigenvalue weighted by molar-refractivity contribution is 5.87. The fourth-order valence-corrected chi connectivity index (χ4v) is 4.40.